The molecule has 6 heteroatoms. The van der Waals surface area contributed by atoms with E-state index in [2.05, 4.69) is 0 Å². The number of halogens is 4. The Morgan fingerprint density at radius 2 is 1.70 bits per heavy atom. The molecule has 0 fully saturated rings. The lowest BCUT2D eigenvalue weighted by Gasteiger charge is -2.14. The fourth-order valence-electron chi connectivity index (χ4n) is 1.77. The fraction of sp³-hybridized carbons (Fsp3) is 0.143. The zero-order chi connectivity index (χ0) is 14.9. The minimum Gasteiger partial charge on any atom is -0.495 e. The van der Waals surface area contributed by atoms with Gasteiger partial charge in [0.1, 0.15) is 17.7 Å². The third-order valence-corrected chi connectivity index (χ3v) is 3.14. The van der Waals surface area contributed by atoms with Gasteiger partial charge in [-0.1, -0.05) is 17.7 Å². The van der Waals surface area contributed by atoms with Crippen LogP contribution < -0.4 is 4.74 Å². The molecule has 0 aliphatic rings. The van der Waals surface area contributed by atoms with E-state index in [0.29, 0.717) is 17.2 Å². The topological polar surface area (TPSA) is 29.5 Å². The number of benzene rings is 2. The van der Waals surface area contributed by atoms with E-state index < -0.39 is 23.6 Å². The molecule has 2 nitrogen and oxygen atoms in total. The Morgan fingerprint density at radius 3 is 2.35 bits per heavy atom. The zero-order valence-electron chi connectivity index (χ0n) is 10.3. The van der Waals surface area contributed by atoms with Crippen molar-refractivity contribution in [2.24, 2.45) is 0 Å². The highest BCUT2D eigenvalue weighted by molar-refractivity contribution is 6.32. The van der Waals surface area contributed by atoms with Crippen LogP contribution in [0.5, 0.6) is 5.75 Å². The van der Waals surface area contributed by atoms with Crippen molar-refractivity contribution < 1.29 is 23.0 Å². The molecule has 2 aromatic rings. The summed E-state index contributed by atoms with van der Waals surface area (Å²) in [5.41, 5.74) is -0.121. The SMILES string of the molecule is COc1cc(C(O)c2cc(F)c(F)cc2F)ccc1Cl. The Balaban J connectivity index is 2.46. The van der Waals surface area contributed by atoms with Crippen LogP contribution in [-0.4, -0.2) is 12.2 Å². The molecular formula is C14H10ClF3O2. The molecule has 0 saturated carbocycles. The number of hydrogen-bond donors (Lipinski definition) is 1. The number of methoxy groups -OCH3 is 1. The number of rotatable bonds is 3. The Hall–Kier alpha value is -1.72. The summed E-state index contributed by atoms with van der Waals surface area (Å²) in [7, 11) is 1.38. The van der Waals surface area contributed by atoms with E-state index in [1.807, 2.05) is 0 Å². The van der Waals surface area contributed by atoms with E-state index in [1.165, 1.54) is 25.3 Å². The first-order valence-electron chi connectivity index (χ1n) is 5.60. The average molecular weight is 303 g/mol. The highest BCUT2D eigenvalue weighted by atomic mass is 35.5. The van der Waals surface area contributed by atoms with Crippen LogP contribution in [0.1, 0.15) is 17.2 Å². The third-order valence-electron chi connectivity index (χ3n) is 2.83. The Labute approximate surface area is 118 Å². The lowest BCUT2D eigenvalue weighted by Crippen LogP contribution is -2.05. The lowest BCUT2D eigenvalue weighted by molar-refractivity contribution is 0.213. The molecule has 1 unspecified atom stereocenters. The monoisotopic (exact) mass is 302 g/mol. The van der Waals surface area contributed by atoms with Gasteiger partial charge in [0.05, 0.1) is 12.1 Å². The van der Waals surface area contributed by atoms with Gasteiger partial charge in [0.2, 0.25) is 0 Å². The van der Waals surface area contributed by atoms with E-state index in [1.54, 1.807) is 0 Å². The van der Waals surface area contributed by atoms with Crippen molar-refractivity contribution in [2.45, 2.75) is 6.10 Å². The summed E-state index contributed by atoms with van der Waals surface area (Å²) in [6, 6.07) is 5.30. The van der Waals surface area contributed by atoms with Crippen molar-refractivity contribution in [1.29, 1.82) is 0 Å². The zero-order valence-corrected chi connectivity index (χ0v) is 11.1. The first-order chi connectivity index (χ1) is 9.43. The van der Waals surface area contributed by atoms with E-state index in [-0.39, 0.29) is 16.9 Å². The molecule has 1 atom stereocenters. The fourth-order valence-corrected chi connectivity index (χ4v) is 1.97. The second kappa shape index (κ2) is 5.73. The summed E-state index contributed by atoms with van der Waals surface area (Å²) in [6.07, 6.45) is -1.46. The summed E-state index contributed by atoms with van der Waals surface area (Å²) in [6.45, 7) is 0. The first kappa shape index (κ1) is 14.7. The quantitative estimate of drug-likeness (QED) is 0.873. The highest BCUT2D eigenvalue weighted by Gasteiger charge is 2.19. The van der Waals surface area contributed by atoms with Crippen molar-refractivity contribution in [3.05, 3.63) is 63.9 Å². The van der Waals surface area contributed by atoms with Crippen molar-refractivity contribution in [1.82, 2.24) is 0 Å². The predicted molar refractivity (Wildman–Crippen MR) is 68.4 cm³/mol. The molecule has 0 bridgehead atoms. The number of aliphatic hydroxyl groups is 1. The molecule has 0 aliphatic heterocycles. The van der Waals surface area contributed by atoms with E-state index in [4.69, 9.17) is 16.3 Å². The van der Waals surface area contributed by atoms with Gasteiger partial charge in [-0.05, 0) is 23.8 Å². The van der Waals surface area contributed by atoms with Crippen LogP contribution in [0, 0.1) is 17.5 Å². The average Bonchev–Trinajstić information content (AvgIpc) is 2.42. The molecule has 0 aliphatic carbocycles. The minimum atomic E-state index is -1.46. The normalized spacial score (nSPS) is 12.3. The first-order valence-corrected chi connectivity index (χ1v) is 5.97. The molecule has 20 heavy (non-hydrogen) atoms. The van der Waals surface area contributed by atoms with E-state index in [0.717, 1.165) is 0 Å². The van der Waals surface area contributed by atoms with Gasteiger partial charge < -0.3 is 9.84 Å². The Kier molecular flexibility index (Phi) is 4.20. The molecule has 0 radical (unpaired) electrons. The van der Waals surface area contributed by atoms with Crippen LogP contribution in [0.25, 0.3) is 0 Å². The maximum atomic E-state index is 13.6. The molecule has 0 saturated heterocycles. The molecule has 1 N–H and O–H groups in total. The summed E-state index contributed by atoms with van der Waals surface area (Å²) in [5.74, 6) is -3.30. The highest BCUT2D eigenvalue weighted by Crippen LogP contribution is 2.31. The van der Waals surface area contributed by atoms with Gasteiger partial charge in [-0.15, -0.1) is 0 Å². The summed E-state index contributed by atoms with van der Waals surface area (Å²) >= 11 is 5.83. The van der Waals surface area contributed by atoms with Gasteiger partial charge in [-0.3, -0.25) is 0 Å². The van der Waals surface area contributed by atoms with Gasteiger partial charge in [-0.25, -0.2) is 13.2 Å². The number of hydrogen-bond acceptors (Lipinski definition) is 2. The summed E-state index contributed by atoms with van der Waals surface area (Å²) in [4.78, 5) is 0. The molecule has 106 valence electrons. The van der Waals surface area contributed by atoms with Crippen LogP contribution in [0.2, 0.25) is 5.02 Å². The molecule has 0 amide bonds. The number of aliphatic hydroxyl groups excluding tert-OH is 1. The minimum absolute atomic E-state index is 0.246. The lowest BCUT2D eigenvalue weighted by atomic mass is 10.0. The molecule has 2 aromatic carbocycles. The largest absolute Gasteiger partial charge is 0.495 e. The molecular weight excluding hydrogens is 293 g/mol. The second-order valence-corrected chi connectivity index (χ2v) is 4.49. The van der Waals surface area contributed by atoms with Crippen molar-refractivity contribution >= 4 is 11.6 Å². The van der Waals surface area contributed by atoms with Crippen LogP contribution in [0.3, 0.4) is 0 Å². The van der Waals surface area contributed by atoms with E-state index >= 15 is 0 Å². The number of ether oxygens (including phenoxy) is 1. The Morgan fingerprint density at radius 1 is 1.05 bits per heavy atom. The van der Waals surface area contributed by atoms with E-state index in [9.17, 15) is 18.3 Å². The second-order valence-electron chi connectivity index (χ2n) is 4.08. The molecule has 0 aromatic heterocycles. The van der Waals surface area contributed by atoms with Crippen molar-refractivity contribution in [3.8, 4) is 5.75 Å². The van der Waals surface area contributed by atoms with Crippen LogP contribution in [-0.2, 0) is 0 Å². The maximum absolute atomic E-state index is 13.6. The van der Waals surface area contributed by atoms with Gasteiger partial charge in [-0.2, -0.15) is 0 Å². The third kappa shape index (κ3) is 2.73. The van der Waals surface area contributed by atoms with Gasteiger partial charge >= 0.3 is 0 Å². The molecule has 0 spiro atoms. The summed E-state index contributed by atoms with van der Waals surface area (Å²) in [5, 5.41) is 10.4. The van der Waals surface area contributed by atoms with Gasteiger partial charge in [0.25, 0.3) is 0 Å². The van der Waals surface area contributed by atoms with Gasteiger partial charge in [0.15, 0.2) is 11.6 Å². The standard InChI is InChI=1S/C14H10ClF3O2/c1-20-13-4-7(2-3-9(13)15)14(19)8-5-11(17)12(18)6-10(8)16/h2-6,14,19H,1H3. The summed E-state index contributed by atoms with van der Waals surface area (Å²) < 4.78 is 44.6. The Bertz CT molecular complexity index is 647. The van der Waals surface area contributed by atoms with Gasteiger partial charge in [0, 0.05) is 11.6 Å². The van der Waals surface area contributed by atoms with Crippen molar-refractivity contribution in [3.63, 3.8) is 0 Å². The van der Waals surface area contributed by atoms with Crippen LogP contribution in [0.4, 0.5) is 13.2 Å². The van der Waals surface area contributed by atoms with Crippen LogP contribution in [0.15, 0.2) is 30.3 Å². The smallest absolute Gasteiger partial charge is 0.161 e. The molecule has 0 heterocycles. The molecule has 2 rings (SSSR count). The van der Waals surface area contributed by atoms with Crippen molar-refractivity contribution in [2.75, 3.05) is 7.11 Å². The maximum Gasteiger partial charge on any atom is 0.161 e. The van der Waals surface area contributed by atoms with Crippen LogP contribution >= 0.6 is 11.6 Å². The predicted octanol–water partition coefficient (Wildman–Crippen LogP) is 3.85.